The van der Waals surface area contributed by atoms with Gasteiger partial charge in [0.15, 0.2) is 0 Å². The number of hydrogen-bond acceptors (Lipinski definition) is 6. The van der Waals surface area contributed by atoms with E-state index in [0.717, 1.165) is 62.7 Å². The molecular formula is C19H27N5O2. The molecule has 7 heteroatoms. The van der Waals surface area contributed by atoms with Crippen molar-refractivity contribution in [1.82, 2.24) is 25.1 Å². The van der Waals surface area contributed by atoms with Crippen LogP contribution in [0.3, 0.4) is 0 Å². The number of aryl methyl sites for hydroxylation is 1. The van der Waals surface area contributed by atoms with Crippen molar-refractivity contribution in [2.75, 3.05) is 13.2 Å². The van der Waals surface area contributed by atoms with Gasteiger partial charge >= 0.3 is 0 Å². The first-order valence-electron chi connectivity index (χ1n) is 9.56. The van der Waals surface area contributed by atoms with Gasteiger partial charge in [-0.2, -0.15) is 5.10 Å². The smallest absolute Gasteiger partial charge is 0.148 e. The molecule has 1 aliphatic heterocycles. The van der Waals surface area contributed by atoms with Crippen LogP contribution in [-0.2, 0) is 4.74 Å². The molecule has 2 aliphatic rings. The molecule has 3 heterocycles. The van der Waals surface area contributed by atoms with Gasteiger partial charge in [0.25, 0.3) is 0 Å². The van der Waals surface area contributed by atoms with E-state index < -0.39 is 0 Å². The molecule has 2 N–H and O–H groups in total. The SMILES string of the molecule is Cc1nc([C@H]2CC[C@@H](O)[C@H](NC3CCOCC3)C2)n(-c2cccnc2)n1. The van der Waals surface area contributed by atoms with Crippen molar-refractivity contribution in [2.45, 2.75) is 63.1 Å². The normalized spacial score (nSPS) is 27.5. The Kier molecular flexibility index (Phi) is 5.28. The fourth-order valence-corrected chi connectivity index (χ4v) is 4.10. The van der Waals surface area contributed by atoms with E-state index in [9.17, 15) is 5.11 Å². The van der Waals surface area contributed by atoms with E-state index in [1.54, 1.807) is 6.20 Å². The van der Waals surface area contributed by atoms with Gasteiger partial charge in [-0.05, 0) is 51.2 Å². The van der Waals surface area contributed by atoms with Crippen LogP contribution in [0.4, 0.5) is 0 Å². The van der Waals surface area contributed by atoms with E-state index in [0.29, 0.717) is 6.04 Å². The van der Waals surface area contributed by atoms with Gasteiger partial charge in [-0.15, -0.1) is 0 Å². The number of nitrogens with one attached hydrogen (secondary N) is 1. The molecule has 2 aromatic heterocycles. The fraction of sp³-hybridized carbons (Fsp3) is 0.632. The van der Waals surface area contributed by atoms with Crippen molar-refractivity contribution in [1.29, 1.82) is 0 Å². The van der Waals surface area contributed by atoms with E-state index in [-0.39, 0.29) is 18.1 Å². The zero-order valence-electron chi connectivity index (χ0n) is 15.2. The van der Waals surface area contributed by atoms with Gasteiger partial charge in [-0.1, -0.05) is 0 Å². The van der Waals surface area contributed by atoms with Gasteiger partial charge in [0.2, 0.25) is 0 Å². The van der Waals surface area contributed by atoms with Crippen LogP contribution in [0.2, 0.25) is 0 Å². The highest BCUT2D eigenvalue weighted by Gasteiger charge is 2.34. The molecule has 2 fully saturated rings. The highest BCUT2D eigenvalue weighted by Crippen LogP contribution is 2.33. The van der Waals surface area contributed by atoms with E-state index >= 15 is 0 Å². The maximum Gasteiger partial charge on any atom is 0.148 e. The third kappa shape index (κ3) is 3.79. The second-order valence-electron chi connectivity index (χ2n) is 7.38. The van der Waals surface area contributed by atoms with Crippen LogP contribution >= 0.6 is 0 Å². The Balaban J connectivity index is 1.52. The quantitative estimate of drug-likeness (QED) is 0.867. The summed E-state index contributed by atoms with van der Waals surface area (Å²) in [5.41, 5.74) is 0.933. The molecule has 0 aromatic carbocycles. The third-order valence-electron chi connectivity index (χ3n) is 5.48. The lowest BCUT2D eigenvalue weighted by molar-refractivity contribution is 0.0445. The van der Waals surface area contributed by atoms with Gasteiger partial charge in [0.05, 0.1) is 18.0 Å². The number of nitrogens with zero attached hydrogens (tertiary/aromatic N) is 4. The standard InChI is InChI=1S/C19H27N5O2/c1-13-21-19(24(23-13)16-3-2-8-20-12-16)14-4-5-18(25)17(11-14)22-15-6-9-26-10-7-15/h2-3,8,12,14-15,17-18,22,25H,4-7,9-11H2,1H3/t14-,17+,18+/m0/s1. The average Bonchev–Trinajstić information content (AvgIpc) is 3.07. The number of aliphatic hydroxyl groups is 1. The lowest BCUT2D eigenvalue weighted by Gasteiger charge is -2.37. The lowest BCUT2D eigenvalue weighted by Crippen LogP contribution is -2.50. The maximum atomic E-state index is 10.5. The Morgan fingerprint density at radius 2 is 2.08 bits per heavy atom. The molecule has 0 unspecified atom stereocenters. The lowest BCUT2D eigenvalue weighted by atomic mass is 9.82. The van der Waals surface area contributed by atoms with E-state index in [4.69, 9.17) is 9.72 Å². The monoisotopic (exact) mass is 357 g/mol. The van der Waals surface area contributed by atoms with Crippen LogP contribution in [0.15, 0.2) is 24.5 Å². The predicted octanol–water partition coefficient (Wildman–Crippen LogP) is 1.74. The molecule has 1 saturated carbocycles. The van der Waals surface area contributed by atoms with Crippen molar-refractivity contribution in [3.05, 3.63) is 36.2 Å². The summed E-state index contributed by atoms with van der Waals surface area (Å²) in [7, 11) is 0. The molecule has 0 bridgehead atoms. The van der Waals surface area contributed by atoms with Crippen LogP contribution < -0.4 is 5.32 Å². The van der Waals surface area contributed by atoms with Crippen molar-refractivity contribution in [2.24, 2.45) is 0 Å². The Labute approximate surface area is 153 Å². The fourth-order valence-electron chi connectivity index (χ4n) is 4.10. The van der Waals surface area contributed by atoms with Gasteiger partial charge in [0.1, 0.15) is 11.6 Å². The van der Waals surface area contributed by atoms with Gasteiger partial charge < -0.3 is 15.2 Å². The summed E-state index contributed by atoms with van der Waals surface area (Å²) < 4.78 is 7.36. The third-order valence-corrected chi connectivity index (χ3v) is 5.48. The highest BCUT2D eigenvalue weighted by atomic mass is 16.5. The van der Waals surface area contributed by atoms with Gasteiger partial charge in [0, 0.05) is 37.4 Å². The molecule has 7 nitrogen and oxygen atoms in total. The van der Waals surface area contributed by atoms with E-state index in [1.807, 2.05) is 29.9 Å². The van der Waals surface area contributed by atoms with Crippen LogP contribution in [0, 0.1) is 6.92 Å². The molecular weight excluding hydrogens is 330 g/mol. The number of aromatic nitrogens is 4. The molecule has 1 saturated heterocycles. The number of aliphatic hydroxyl groups excluding tert-OH is 1. The molecule has 3 atom stereocenters. The molecule has 26 heavy (non-hydrogen) atoms. The predicted molar refractivity (Wildman–Crippen MR) is 97.3 cm³/mol. The van der Waals surface area contributed by atoms with Crippen LogP contribution in [0.25, 0.3) is 5.69 Å². The molecule has 2 aromatic rings. The largest absolute Gasteiger partial charge is 0.392 e. The summed E-state index contributed by atoms with van der Waals surface area (Å²) in [6.07, 6.45) is 7.88. The number of hydrogen-bond donors (Lipinski definition) is 2. The first-order valence-corrected chi connectivity index (χ1v) is 9.56. The summed E-state index contributed by atoms with van der Waals surface area (Å²) in [6.45, 7) is 3.53. The molecule has 1 aliphatic carbocycles. The van der Waals surface area contributed by atoms with E-state index in [2.05, 4.69) is 15.4 Å². The summed E-state index contributed by atoms with van der Waals surface area (Å²) in [5.74, 6) is 2.02. The molecule has 0 radical (unpaired) electrons. The maximum absolute atomic E-state index is 10.5. The van der Waals surface area contributed by atoms with Crippen molar-refractivity contribution < 1.29 is 9.84 Å². The highest BCUT2D eigenvalue weighted by molar-refractivity contribution is 5.29. The van der Waals surface area contributed by atoms with Gasteiger partial charge in [-0.25, -0.2) is 9.67 Å². The Morgan fingerprint density at radius 1 is 1.23 bits per heavy atom. The number of rotatable bonds is 4. The van der Waals surface area contributed by atoms with Crippen LogP contribution in [0.5, 0.6) is 0 Å². The van der Waals surface area contributed by atoms with Crippen LogP contribution in [0.1, 0.15) is 49.7 Å². The Bertz CT molecular complexity index is 714. The second kappa shape index (κ2) is 7.82. The number of pyridine rings is 1. The summed E-state index contributed by atoms with van der Waals surface area (Å²) in [5, 5.41) is 18.8. The minimum atomic E-state index is -0.301. The topological polar surface area (TPSA) is 85.1 Å². The van der Waals surface area contributed by atoms with Crippen LogP contribution in [-0.4, -0.2) is 56.3 Å². The molecule has 140 valence electrons. The molecule has 0 spiro atoms. The Morgan fingerprint density at radius 3 is 2.85 bits per heavy atom. The van der Waals surface area contributed by atoms with Crippen molar-refractivity contribution >= 4 is 0 Å². The Hall–Kier alpha value is -1.83. The first-order chi connectivity index (χ1) is 12.7. The zero-order chi connectivity index (χ0) is 17.9. The van der Waals surface area contributed by atoms with Crippen molar-refractivity contribution in [3.8, 4) is 5.69 Å². The average molecular weight is 357 g/mol. The minimum absolute atomic E-state index is 0.0937. The summed E-state index contributed by atoms with van der Waals surface area (Å²) in [4.78, 5) is 8.92. The summed E-state index contributed by atoms with van der Waals surface area (Å²) >= 11 is 0. The number of ether oxygens (including phenoxy) is 1. The van der Waals surface area contributed by atoms with Crippen molar-refractivity contribution in [3.63, 3.8) is 0 Å². The van der Waals surface area contributed by atoms with Gasteiger partial charge in [-0.3, -0.25) is 4.98 Å². The van der Waals surface area contributed by atoms with E-state index in [1.165, 1.54) is 0 Å². The minimum Gasteiger partial charge on any atom is -0.392 e. The summed E-state index contributed by atoms with van der Waals surface area (Å²) in [6, 6.07) is 4.44. The molecule has 4 rings (SSSR count). The second-order valence-corrected chi connectivity index (χ2v) is 7.38. The molecule has 0 amide bonds. The zero-order valence-corrected chi connectivity index (χ0v) is 15.2. The first kappa shape index (κ1) is 17.6.